The summed E-state index contributed by atoms with van der Waals surface area (Å²) in [5.74, 6) is -0.409. The Balaban J connectivity index is 4.44. The van der Waals surface area contributed by atoms with Crippen LogP contribution in [0.2, 0.25) is 0 Å². The zero-order valence-corrected chi connectivity index (χ0v) is 8.97. The van der Waals surface area contributed by atoms with E-state index in [9.17, 15) is 13.2 Å². The predicted octanol–water partition coefficient (Wildman–Crippen LogP) is -1.16. The maximum absolute atomic E-state index is 11.4. The van der Waals surface area contributed by atoms with Crippen LogP contribution in [0.25, 0.3) is 0 Å². The number of carbonyl (C=O) groups excluding carboxylic acids is 1. The molecule has 0 aliphatic carbocycles. The minimum atomic E-state index is -3.30. The minimum Gasteiger partial charge on any atom is -0.343 e. The van der Waals surface area contributed by atoms with Gasteiger partial charge in [-0.2, -0.15) is 0 Å². The van der Waals surface area contributed by atoms with Crippen LogP contribution in [-0.2, 0) is 14.6 Å². The Morgan fingerprint density at radius 1 is 1.54 bits per heavy atom. The van der Waals surface area contributed by atoms with Crippen LogP contribution in [-0.4, -0.2) is 50.9 Å². The Morgan fingerprint density at radius 2 is 2.00 bits per heavy atom. The zero-order chi connectivity index (χ0) is 10.6. The molecule has 0 saturated heterocycles. The van der Waals surface area contributed by atoms with Crippen LogP contribution >= 0.6 is 0 Å². The summed E-state index contributed by atoms with van der Waals surface area (Å²) >= 11 is 0. The third-order valence-corrected chi connectivity index (χ3v) is 3.32. The number of sulfone groups is 1. The number of hydrogen-bond acceptors (Lipinski definition) is 4. The first kappa shape index (κ1) is 12.4. The number of carbonyl (C=O) groups is 1. The Hall–Kier alpha value is -0.620. The highest BCUT2D eigenvalue weighted by Gasteiger charge is 2.25. The molecule has 6 heteroatoms. The molecule has 0 bridgehead atoms. The fraction of sp³-hybridized carbons (Fsp3) is 0.857. The molecule has 0 saturated carbocycles. The van der Waals surface area contributed by atoms with E-state index in [1.54, 1.807) is 0 Å². The Labute approximate surface area is 78.8 Å². The number of nitrogens with two attached hydrogens (primary N) is 1. The van der Waals surface area contributed by atoms with Crippen LogP contribution in [0.5, 0.6) is 0 Å². The van der Waals surface area contributed by atoms with E-state index < -0.39 is 21.0 Å². The molecule has 78 valence electrons. The zero-order valence-electron chi connectivity index (χ0n) is 8.15. The fourth-order valence-electron chi connectivity index (χ4n) is 0.797. The van der Waals surface area contributed by atoms with Gasteiger partial charge in [-0.05, 0) is 6.92 Å². The van der Waals surface area contributed by atoms with Crippen molar-refractivity contribution in [3.05, 3.63) is 0 Å². The van der Waals surface area contributed by atoms with Gasteiger partial charge in [0.15, 0.2) is 9.84 Å². The van der Waals surface area contributed by atoms with E-state index in [4.69, 9.17) is 5.73 Å². The number of amides is 1. The summed E-state index contributed by atoms with van der Waals surface area (Å²) in [5.41, 5.74) is 5.23. The molecule has 0 aliphatic heterocycles. The third-order valence-electron chi connectivity index (χ3n) is 1.83. The van der Waals surface area contributed by atoms with E-state index in [1.807, 2.05) is 0 Å². The molecule has 2 N–H and O–H groups in total. The molecule has 0 aromatic carbocycles. The first-order valence-electron chi connectivity index (χ1n) is 3.94. The minimum absolute atomic E-state index is 0.332. The lowest BCUT2D eigenvalue weighted by Gasteiger charge is -2.19. The van der Waals surface area contributed by atoms with Crippen LogP contribution in [0.1, 0.15) is 6.92 Å². The molecule has 1 amide bonds. The van der Waals surface area contributed by atoms with Crippen molar-refractivity contribution >= 4 is 15.7 Å². The van der Waals surface area contributed by atoms with Crippen LogP contribution in [0.3, 0.4) is 0 Å². The number of nitrogens with zero attached hydrogens (tertiary/aromatic N) is 1. The number of hydrogen-bond donors (Lipinski definition) is 1. The topological polar surface area (TPSA) is 80.5 Å². The van der Waals surface area contributed by atoms with Crippen LogP contribution in [0.4, 0.5) is 0 Å². The largest absolute Gasteiger partial charge is 0.343 e. The lowest BCUT2D eigenvalue weighted by molar-refractivity contribution is -0.129. The molecule has 13 heavy (non-hydrogen) atoms. The fourth-order valence-corrected chi connectivity index (χ4v) is 1.34. The van der Waals surface area contributed by atoms with Crippen molar-refractivity contribution in [1.82, 2.24) is 4.90 Å². The molecular formula is C7H16N2O3S. The summed E-state index contributed by atoms with van der Waals surface area (Å²) in [5, 5.41) is -0.982. The first-order valence-corrected chi connectivity index (χ1v) is 5.90. The average Bonchev–Trinajstić information content (AvgIpc) is 2.00. The molecular weight excluding hydrogens is 192 g/mol. The van der Waals surface area contributed by atoms with Gasteiger partial charge in [-0.1, -0.05) is 0 Å². The van der Waals surface area contributed by atoms with Gasteiger partial charge in [-0.3, -0.25) is 4.79 Å². The van der Waals surface area contributed by atoms with Crippen molar-refractivity contribution in [3.63, 3.8) is 0 Å². The van der Waals surface area contributed by atoms with Crippen molar-refractivity contribution in [2.24, 2.45) is 5.73 Å². The van der Waals surface area contributed by atoms with Crippen molar-refractivity contribution < 1.29 is 13.2 Å². The molecule has 5 nitrogen and oxygen atoms in total. The van der Waals surface area contributed by atoms with Gasteiger partial charge in [0, 0.05) is 26.4 Å². The second kappa shape index (κ2) is 4.57. The van der Waals surface area contributed by atoms with Gasteiger partial charge in [0.05, 0.1) is 0 Å². The lowest BCUT2D eigenvalue weighted by Crippen LogP contribution is -2.41. The highest BCUT2D eigenvalue weighted by molar-refractivity contribution is 7.92. The van der Waals surface area contributed by atoms with Gasteiger partial charge in [0.1, 0.15) is 5.25 Å². The molecule has 1 atom stereocenters. The van der Waals surface area contributed by atoms with E-state index in [0.717, 1.165) is 6.26 Å². The molecule has 0 aromatic heterocycles. The van der Waals surface area contributed by atoms with E-state index in [0.29, 0.717) is 13.1 Å². The van der Waals surface area contributed by atoms with Gasteiger partial charge in [0.2, 0.25) is 5.91 Å². The van der Waals surface area contributed by atoms with Crippen molar-refractivity contribution in [2.45, 2.75) is 12.2 Å². The highest BCUT2D eigenvalue weighted by Crippen LogP contribution is 2.01. The summed E-state index contributed by atoms with van der Waals surface area (Å²) in [6.45, 7) is 2.09. The Morgan fingerprint density at radius 3 is 2.31 bits per heavy atom. The molecule has 0 radical (unpaired) electrons. The van der Waals surface area contributed by atoms with Gasteiger partial charge >= 0.3 is 0 Å². The monoisotopic (exact) mass is 208 g/mol. The molecule has 0 rings (SSSR count). The first-order chi connectivity index (χ1) is 5.80. The maximum atomic E-state index is 11.4. The van der Waals surface area contributed by atoms with E-state index in [2.05, 4.69) is 0 Å². The summed E-state index contributed by atoms with van der Waals surface area (Å²) in [6.07, 6.45) is 1.05. The number of rotatable bonds is 4. The summed E-state index contributed by atoms with van der Waals surface area (Å²) < 4.78 is 22.0. The SMILES string of the molecule is CC(C(=O)N(C)CCN)S(C)(=O)=O. The van der Waals surface area contributed by atoms with E-state index >= 15 is 0 Å². The molecule has 0 heterocycles. The normalized spacial score (nSPS) is 13.8. The molecule has 0 fully saturated rings. The van der Waals surface area contributed by atoms with Crippen molar-refractivity contribution in [1.29, 1.82) is 0 Å². The highest BCUT2D eigenvalue weighted by atomic mass is 32.2. The molecule has 0 spiro atoms. The maximum Gasteiger partial charge on any atom is 0.240 e. The van der Waals surface area contributed by atoms with E-state index in [1.165, 1.54) is 18.9 Å². The molecule has 0 aliphatic rings. The average molecular weight is 208 g/mol. The van der Waals surface area contributed by atoms with Gasteiger partial charge in [-0.15, -0.1) is 0 Å². The van der Waals surface area contributed by atoms with Crippen molar-refractivity contribution in [2.75, 3.05) is 26.4 Å². The second-order valence-electron chi connectivity index (χ2n) is 3.02. The molecule has 1 unspecified atom stereocenters. The van der Waals surface area contributed by atoms with Gasteiger partial charge in [-0.25, -0.2) is 8.42 Å². The Kier molecular flexibility index (Phi) is 4.35. The van der Waals surface area contributed by atoms with Gasteiger partial charge in [0.25, 0.3) is 0 Å². The lowest BCUT2D eigenvalue weighted by atomic mass is 10.4. The summed E-state index contributed by atoms with van der Waals surface area (Å²) in [4.78, 5) is 12.7. The Bertz CT molecular complexity index is 273. The van der Waals surface area contributed by atoms with Crippen LogP contribution < -0.4 is 5.73 Å². The predicted molar refractivity (Wildman–Crippen MR) is 51.0 cm³/mol. The standard InChI is InChI=1S/C7H16N2O3S/c1-6(13(3,11)12)7(10)9(2)5-4-8/h6H,4-5,8H2,1-3H3. The van der Waals surface area contributed by atoms with Crippen LogP contribution in [0.15, 0.2) is 0 Å². The van der Waals surface area contributed by atoms with Gasteiger partial charge < -0.3 is 10.6 Å². The third kappa shape index (κ3) is 3.73. The molecule has 0 aromatic rings. The van der Waals surface area contributed by atoms with Crippen LogP contribution in [0, 0.1) is 0 Å². The summed E-state index contributed by atoms with van der Waals surface area (Å²) in [7, 11) is -1.76. The van der Waals surface area contributed by atoms with Crippen molar-refractivity contribution in [3.8, 4) is 0 Å². The second-order valence-corrected chi connectivity index (χ2v) is 5.39. The smallest absolute Gasteiger partial charge is 0.240 e. The summed E-state index contributed by atoms with van der Waals surface area (Å²) in [6, 6.07) is 0. The number of likely N-dealkylation sites (N-methyl/N-ethyl adjacent to an activating group) is 1. The quantitative estimate of drug-likeness (QED) is 0.631. The van der Waals surface area contributed by atoms with E-state index in [-0.39, 0.29) is 0 Å².